The molecular formula is C21H24N6O4. The highest BCUT2D eigenvalue weighted by molar-refractivity contribution is 5.76. The largest absolute Gasteiger partial charge is 0.507 e. The molecule has 10 nitrogen and oxygen atoms in total. The average molecular weight is 424 g/mol. The first-order valence-electron chi connectivity index (χ1n) is 10.1. The van der Waals surface area contributed by atoms with Crippen molar-refractivity contribution < 1.29 is 19.4 Å². The highest BCUT2D eigenvalue weighted by atomic mass is 16.5. The van der Waals surface area contributed by atoms with Gasteiger partial charge in [0.05, 0.1) is 36.7 Å². The average Bonchev–Trinajstić information content (AvgIpc) is 3.15. The van der Waals surface area contributed by atoms with Crippen LogP contribution in [0, 0.1) is 11.3 Å². The Bertz CT molecular complexity index is 1110. The van der Waals surface area contributed by atoms with E-state index in [9.17, 15) is 5.11 Å². The lowest BCUT2D eigenvalue weighted by Gasteiger charge is -2.32. The normalized spacial score (nSPS) is 17.0. The summed E-state index contributed by atoms with van der Waals surface area (Å²) < 4.78 is 10.9. The molecule has 0 spiro atoms. The molecule has 3 heterocycles. The van der Waals surface area contributed by atoms with Crippen LogP contribution in [0.2, 0.25) is 0 Å². The molecule has 31 heavy (non-hydrogen) atoms. The number of aromatic hydroxyl groups is 1. The Kier molecular flexibility index (Phi) is 6.27. The standard InChI is InChI=1S/C21H24N6O4/c1-30-12-14-7-13(9-22)8-17(29)18(14)16-10-23-20-19(25-16)26-21(31-20)24-15-3-2-4-27(11-15)5-6-28/h7-8,10,15,28-29H,2-6,11-12H2,1H3,(H,24,25,26)/t15-/m1/s1. The lowest BCUT2D eigenvalue weighted by atomic mass is 10.0. The first kappa shape index (κ1) is 21.0. The topological polar surface area (TPSA) is 141 Å². The van der Waals surface area contributed by atoms with Crippen LogP contribution < -0.4 is 5.32 Å². The van der Waals surface area contributed by atoms with Gasteiger partial charge >= 0.3 is 0 Å². The number of oxazole rings is 1. The number of methoxy groups -OCH3 is 1. The number of piperidine rings is 1. The minimum atomic E-state index is -0.0761. The van der Waals surface area contributed by atoms with Crippen molar-refractivity contribution in [3.05, 3.63) is 29.5 Å². The number of hydrogen-bond donors (Lipinski definition) is 3. The summed E-state index contributed by atoms with van der Waals surface area (Å²) in [5.74, 6) is -0.0761. The molecule has 1 atom stereocenters. The summed E-state index contributed by atoms with van der Waals surface area (Å²) in [7, 11) is 1.54. The molecule has 10 heteroatoms. The summed E-state index contributed by atoms with van der Waals surface area (Å²) >= 11 is 0. The van der Waals surface area contributed by atoms with Crippen molar-refractivity contribution in [3.8, 4) is 23.1 Å². The number of β-amino-alcohol motifs (C(OH)–C–C–N with tert-alkyl or cyclic N) is 1. The molecule has 0 unspecified atom stereocenters. The smallest absolute Gasteiger partial charge is 0.298 e. The molecule has 2 aromatic heterocycles. The van der Waals surface area contributed by atoms with Gasteiger partial charge in [0.25, 0.3) is 11.7 Å². The molecule has 0 bridgehead atoms. The van der Waals surface area contributed by atoms with Crippen LogP contribution in [0.15, 0.2) is 22.7 Å². The van der Waals surface area contributed by atoms with Crippen LogP contribution >= 0.6 is 0 Å². The van der Waals surface area contributed by atoms with Crippen LogP contribution in [0.3, 0.4) is 0 Å². The maximum atomic E-state index is 10.5. The van der Waals surface area contributed by atoms with E-state index in [-0.39, 0.29) is 30.7 Å². The van der Waals surface area contributed by atoms with Crippen molar-refractivity contribution in [2.45, 2.75) is 25.5 Å². The summed E-state index contributed by atoms with van der Waals surface area (Å²) in [6.07, 6.45) is 3.51. The zero-order valence-corrected chi connectivity index (χ0v) is 17.2. The second kappa shape index (κ2) is 9.26. The van der Waals surface area contributed by atoms with Crippen molar-refractivity contribution in [3.63, 3.8) is 0 Å². The van der Waals surface area contributed by atoms with Crippen molar-refractivity contribution >= 4 is 17.4 Å². The number of nitrogens with zero attached hydrogens (tertiary/aromatic N) is 5. The molecule has 4 rings (SSSR count). The fourth-order valence-corrected chi connectivity index (χ4v) is 3.91. The summed E-state index contributed by atoms with van der Waals surface area (Å²) in [6, 6.07) is 5.56. The second-order valence-corrected chi connectivity index (χ2v) is 7.49. The molecule has 0 amide bonds. The van der Waals surface area contributed by atoms with E-state index in [4.69, 9.17) is 19.5 Å². The van der Waals surface area contributed by atoms with Gasteiger partial charge in [-0.1, -0.05) is 0 Å². The molecule has 1 saturated heterocycles. The van der Waals surface area contributed by atoms with E-state index < -0.39 is 0 Å². The molecule has 3 N–H and O–H groups in total. The number of aliphatic hydroxyl groups excluding tert-OH is 1. The van der Waals surface area contributed by atoms with E-state index in [0.29, 0.717) is 40.6 Å². The molecule has 1 aliphatic heterocycles. The number of anilines is 1. The van der Waals surface area contributed by atoms with Gasteiger partial charge in [-0.25, -0.2) is 9.97 Å². The van der Waals surface area contributed by atoms with Gasteiger partial charge in [-0.3, -0.25) is 4.90 Å². The predicted molar refractivity (Wildman–Crippen MR) is 112 cm³/mol. The van der Waals surface area contributed by atoms with Crippen LogP contribution in [0.4, 0.5) is 6.01 Å². The van der Waals surface area contributed by atoms with Gasteiger partial charge < -0.3 is 24.7 Å². The SMILES string of the molecule is COCc1cc(C#N)cc(O)c1-c1cnc2oc(N[C@@H]3CCCN(CCO)C3)nc2n1. The van der Waals surface area contributed by atoms with Crippen LogP contribution in [-0.4, -0.2) is 69.5 Å². The molecule has 1 aromatic carbocycles. The zero-order chi connectivity index (χ0) is 21.8. The summed E-state index contributed by atoms with van der Waals surface area (Å²) in [5.41, 5.74) is 2.41. The third kappa shape index (κ3) is 4.59. The first-order chi connectivity index (χ1) is 15.1. The Hall–Kier alpha value is -3.26. The first-order valence-corrected chi connectivity index (χ1v) is 10.1. The molecule has 1 aliphatic rings. The number of phenolic OH excluding ortho intramolecular Hbond substituents is 1. The minimum absolute atomic E-state index is 0.0761. The number of benzene rings is 1. The van der Waals surface area contributed by atoms with Gasteiger partial charge in [-0.05, 0) is 37.1 Å². The third-order valence-electron chi connectivity index (χ3n) is 5.26. The van der Waals surface area contributed by atoms with Crippen LogP contribution in [0.25, 0.3) is 22.6 Å². The summed E-state index contributed by atoms with van der Waals surface area (Å²) in [5, 5.41) is 32.1. The van der Waals surface area contributed by atoms with Crippen molar-refractivity contribution in [2.24, 2.45) is 0 Å². The summed E-state index contributed by atoms with van der Waals surface area (Å²) in [4.78, 5) is 15.4. The van der Waals surface area contributed by atoms with E-state index in [1.807, 2.05) is 6.07 Å². The van der Waals surface area contributed by atoms with Crippen LogP contribution in [0.5, 0.6) is 5.75 Å². The maximum absolute atomic E-state index is 10.5. The highest BCUT2D eigenvalue weighted by Gasteiger charge is 2.22. The van der Waals surface area contributed by atoms with Gasteiger partial charge in [-0.15, -0.1) is 0 Å². The molecule has 3 aromatic rings. The number of hydrogen-bond acceptors (Lipinski definition) is 10. The van der Waals surface area contributed by atoms with Gasteiger partial charge in [0.15, 0.2) is 0 Å². The van der Waals surface area contributed by atoms with E-state index in [1.54, 1.807) is 6.07 Å². The van der Waals surface area contributed by atoms with E-state index in [2.05, 4.69) is 25.2 Å². The van der Waals surface area contributed by atoms with Crippen molar-refractivity contribution in [1.29, 1.82) is 5.26 Å². The molecule has 1 fully saturated rings. The number of aliphatic hydroxyl groups is 1. The van der Waals surface area contributed by atoms with Crippen molar-refractivity contribution in [2.75, 3.05) is 38.7 Å². The Labute approximate surface area is 179 Å². The lowest BCUT2D eigenvalue weighted by Crippen LogP contribution is -2.43. The fraction of sp³-hybridized carbons (Fsp3) is 0.429. The van der Waals surface area contributed by atoms with Crippen molar-refractivity contribution in [1.82, 2.24) is 19.9 Å². The van der Waals surface area contributed by atoms with Gasteiger partial charge in [-0.2, -0.15) is 10.2 Å². The quantitative estimate of drug-likeness (QED) is 0.515. The van der Waals surface area contributed by atoms with Crippen LogP contribution in [0.1, 0.15) is 24.0 Å². The highest BCUT2D eigenvalue weighted by Crippen LogP contribution is 2.34. The number of nitriles is 1. The molecule has 0 aliphatic carbocycles. The van der Waals surface area contributed by atoms with E-state index >= 15 is 0 Å². The molecule has 0 radical (unpaired) electrons. The number of phenols is 1. The molecule has 162 valence electrons. The van der Waals surface area contributed by atoms with Gasteiger partial charge in [0.1, 0.15) is 5.75 Å². The maximum Gasteiger partial charge on any atom is 0.298 e. The number of fused-ring (bicyclic) bond motifs is 1. The van der Waals surface area contributed by atoms with Gasteiger partial charge in [0.2, 0.25) is 5.65 Å². The second-order valence-electron chi connectivity index (χ2n) is 7.49. The van der Waals surface area contributed by atoms with Gasteiger partial charge in [0, 0.05) is 31.8 Å². The Morgan fingerprint density at radius 1 is 1.39 bits per heavy atom. The Balaban J connectivity index is 1.61. The number of aromatic nitrogens is 3. The lowest BCUT2D eigenvalue weighted by molar-refractivity contribution is 0.166. The fourth-order valence-electron chi connectivity index (χ4n) is 3.91. The summed E-state index contributed by atoms with van der Waals surface area (Å²) in [6.45, 7) is 2.76. The number of ether oxygens (including phenoxy) is 1. The minimum Gasteiger partial charge on any atom is -0.507 e. The number of nitrogens with one attached hydrogen (secondary N) is 1. The van der Waals surface area contributed by atoms with E-state index in [0.717, 1.165) is 25.9 Å². The monoisotopic (exact) mass is 424 g/mol. The molecular weight excluding hydrogens is 400 g/mol. The predicted octanol–water partition coefficient (Wildman–Crippen LogP) is 1.88. The van der Waals surface area contributed by atoms with E-state index in [1.165, 1.54) is 19.4 Å². The third-order valence-corrected chi connectivity index (χ3v) is 5.26. The Morgan fingerprint density at radius 3 is 3.03 bits per heavy atom. The zero-order valence-electron chi connectivity index (χ0n) is 17.2. The number of likely N-dealkylation sites (tertiary alicyclic amines) is 1. The Morgan fingerprint density at radius 2 is 2.26 bits per heavy atom. The molecule has 0 saturated carbocycles. The van der Waals surface area contributed by atoms with Crippen LogP contribution in [-0.2, 0) is 11.3 Å². The number of rotatable bonds is 7.